The van der Waals surface area contributed by atoms with Gasteiger partial charge in [0.2, 0.25) is 5.91 Å². The number of amides is 2. The molecule has 0 bridgehead atoms. The number of ether oxygens (including phenoxy) is 2. The number of hydrogen-bond donors (Lipinski definition) is 1. The van der Waals surface area contributed by atoms with Crippen LogP contribution in [0.3, 0.4) is 0 Å². The zero-order chi connectivity index (χ0) is 20.3. The Hall–Kier alpha value is -2.31. The summed E-state index contributed by atoms with van der Waals surface area (Å²) in [5.41, 5.74) is -0.600. The topological polar surface area (TPSA) is 67.9 Å². The SMILES string of the molecule is CC(C)(C)OC(=O)N[C@H](C(=O)N1CCC(Oc2ccc(F)cc2)CC1)C1CC1. The number of halogens is 1. The third kappa shape index (κ3) is 5.84. The van der Waals surface area contributed by atoms with Crippen LogP contribution < -0.4 is 10.1 Å². The van der Waals surface area contributed by atoms with Crippen LogP contribution in [-0.2, 0) is 9.53 Å². The Labute approximate surface area is 165 Å². The van der Waals surface area contributed by atoms with Gasteiger partial charge in [0.05, 0.1) is 0 Å². The summed E-state index contributed by atoms with van der Waals surface area (Å²) in [6, 6.07) is 5.44. The van der Waals surface area contributed by atoms with Crippen LogP contribution in [0.25, 0.3) is 0 Å². The van der Waals surface area contributed by atoms with Crippen molar-refractivity contribution in [1.29, 1.82) is 0 Å². The molecular formula is C21H29FN2O4. The largest absolute Gasteiger partial charge is 0.490 e. The second kappa shape index (κ2) is 8.37. The Kier molecular flexibility index (Phi) is 6.10. The van der Waals surface area contributed by atoms with Crippen molar-refractivity contribution in [2.75, 3.05) is 13.1 Å². The van der Waals surface area contributed by atoms with E-state index in [9.17, 15) is 14.0 Å². The van der Waals surface area contributed by atoms with Crippen molar-refractivity contribution >= 4 is 12.0 Å². The minimum Gasteiger partial charge on any atom is -0.490 e. The maximum Gasteiger partial charge on any atom is 0.408 e. The molecule has 1 aliphatic carbocycles. The van der Waals surface area contributed by atoms with Crippen LogP contribution in [-0.4, -0.2) is 47.7 Å². The number of alkyl carbamates (subject to hydrolysis) is 1. The first kappa shape index (κ1) is 20.4. The Morgan fingerprint density at radius 1 is 1.11 bits per heavy atom. The maximum absolute atomic E-state index is 13.0. The molecule has 2 fully saturated rings. The molecule has 0 radical (unpaired) electrons. The average Bonchev–Trinajstić information content (AvgIpc) is 3.45. The molecule has 1 saturated heterocycles. The van der Waals surface area contributed by atoms with E-state index in [1.54, 1.807) is 37.8 Å². The molecule has 7 heteroatoms. The molecule has 0 aromatic heterocycles. The molecule has 1 aromatic carbocycles. The highest BCUT2D eigenvalue weighted by molar-refractivity contribution is 5.86. The van der Waals surface area contributed by atoms with Crippen molar-refractivity contribution in [2.24, 2.45) is 5.92 Å². The molecule has 0 spiro atoms. The van der Waals surface area contributed by atoms with Gasteiger partial charge >= 0.3 is 6.09 Å². The molecule has 154 valence electrons. The van der Waals surface area contributed by atoms with E-state index in [0.29, 0.717) is 31.7 Å². The maximum atomic E-state index is 13.0. The predicted octanol–water partition coefficient (Wildman–Crippen LogP) is 3.50. The van der Waals surface area contributed by atoms with Gasteiger partial charge in [0.25, 0.3) is 0 Å². The van der Waals surface area contributed by atoms with Crippen LogP contribution in [0.15, 0.2) is 24.3 Å². The Balaban J connectivity index is 1.51. The van der Waals surface area contributed by atoms with Crippen LogP contribution in [0, 0.1) is 11.7 Å². The monoisotopic (exact) mass is 392 g/mol. The predicted molar refractivity (Wildman–Crippen MR) is 103 cm³/mol. The van der Waals surface area contributed by atoms with Gasteiger partial charge in [0.1, 0.15) is 29.3 Å². The molecule has 1 N–H and O–H groups in total. The summed E-state index contributed by atoms with van der Waals surface area (Å²) in [4.78, 5) is 26.9. The first-order chi connectivity index (χ1) is 13.2. The minimum absolute atomic E-state index is 0.00676. The van der Waals surface area contributed by atoms with E-state index in [4.69, 9.17) is 9.47 Å². The van der Waals surface area contributed by atoms with Gasteiger partial charge in [0, 0.05) is 25.9 Å². The normalized spacial score (nSPS) is 19.1. The van der Waals surface area contributed by atoms with Gasteiger partial charge in [-0.1, -0.05) is 0 Å². The number of benzene rings is 1. The lowest BCUT2D eigenvalue weighted by Gasteiger charge is -2.34. The number of carbonyl (C=O) groups is 2. The number of carbonyl (C=O) groups excluding carboxylic acids is 2. The number of piperidine rings is 1. The minimum atomic E-state index is -0.600. The lowest BCUT2D eigenvalue weighted by atomic mass is 10.0. The van der Waals surface area contributed by atoms with E-state index in [0.717, 1.165) is 12.8 Å². The van der Waals surface area contributed by atoms with E-state index >= 15 is 0 Å². The van der Waals surface area contributed by atoms with E-state index in [1.807, 2.05) is 0 Å². The summed E-state index contributed by atoms with van der Waals surface area (Å²) < 4.78 is 24.2. The second-order valence-electron chi connectivity index (χ2n) is 8.56. The molecule has 1 saturated carbocycles. The molecular weight excluding hydrogens is 363 g/mol. The lowest BCUT2D eigenvalue weighted by molar-refractivity contribution is -0.135. The van der Waals surface area contributed by atoms with Crippen LogP contribution in [0.1, 0.15) is 46.5 Å². The average molecular weight is 392 g/mol. The molecule has 0 unspecified atom stereocenters. The van der Waals surface area contributed by atoms with Crippen molar-refractivity contribution in [2.45, 2.75) is 64.2 Å². The highest BCUT2D eigenvalue weighted by atomic mass is 19.1. The standard InChI is InChI=1S/C21H29FN2O4/c1-21(2,3)28-20(26)23-18(14-4-5-14)19(25)24-12-10-17(11-13-24)27-16-8-6-15(22)7-9-16/h6-9,14,17-18H,4-5,10-13H2,1-3H3,(H,23,26)/t18-/m0/s1. The first-order valence-corrected chi connectivity index (χ1v) is 9.92. The zero-order valence-corrected chi connectivity index (χ0v) is 16.7. The number of nitrogens with one attached hydrogen (secondary N) is 1. The summed E-state index contributed by atoms with van der Waals surface area (Å²) in [6.07, 6.45) is 2.73. The second-order valence-corrected chi connectivity index (χ2v) is 8.56. The lowest BCUT2D eigenvalue weighted by Crippen LogP contribution is -2.53. The van der Waals surface area contributed by atoms with Crippen LogP contribution in [0.2, 0.25) is 0 Å². The zero-order valence-electron chi connectivity index (χ0n) is 16.7. The van der Waals surface area contributed by atoms with Crippen molar-refractivity contribution in [3.8, 4) is 5.75 Å². The molecule has 2 amide bonds. The summed E-state index contributed by atoms with van der Waals surface area (Å²) in [5, 5.41) is 2.77. The van der Waals surface area contributed by atoms with Gasteiger partial charge in [-0.3, -0.25) is 4.79 Å². The fraction of sp³-hybridized carbons (Fsp3) is 0.619. The highest BCUT2D eigenvalue weighted by Crippen LogP contribution is 2.34. The summed E-state index contributed by atoms with van der Waals surface area (Å²) in [5.74, 6) is 0.479. The van der Waals surface area contributed by atoms with Crippen LogP contribution >= 0.6 is 0 Å². The molecule has 1 aliphatic heterocycles. The van der Waals surface area contributed by atoms with Crippen molar-refractivity contribution in [3.63, 3.8) is 0 Å². The highest BCUT2D eigenvalue weighted by Gasteiger charge is 2.41. The van der Waals surface area contributed by atoms with Crippen molar-refractivity contribution in [1.82, 2.24) is 10.2 Å². The number of rotatable bonds is 5. The summed E-state index contributed by atoms with van der Waals surface area (Å²) >= 11 is 0. The van der Waals surface area contributed by atoms with E-state index in [1.165, 1.54) is 12.1 Å². The van der Waals surface area contributed by atoms with Crippen molar-refractivity contribution in [3.05, 3.63) is 30.1 Å². The summed E-state index contributed by atoms with van der Waals surface area (Å²) in [6.45, 7) is 6.54. The number of nitrogens with zero attached hydrogens (tertiary/aromatic N) is 1. The number of likely N-dealkylation sites (tertiary alicyclic amines) is 1. The van der Waals surface area contributed by atoms with Gasteiger partial charge in [-0.25, -0.2) is 9.18 Å². The quantitative estimate of drug-likeness (QED) is 0.833. The van der Waals surface area contributed by atoms with Gasteiger partial charge in [-0.2, -0.15) is 0 Å². The molecule has 6 nitrogen and oxygen atoms in total. The van der Waals surface area contributed by atoms with Gasteiger partial charge < -0.3 is 19.7 Å². The molecule has 1 atom stereocenters. The Morgan fingerprint density at radius 3 is 2.25 bits per heavy atom. The van der Waals surface area contributed by atoms with E-state index in [2.05, 4.69) is 5.32 Å². The number of hydrogen-bond acceptors (Lipinski definition) is 4. The van der Waals surface area contributed by atoms with Crippen LogP contribution in [0.4, 0.5) is 9.18 Å². The van der Waals surface area contributed by atoms with Gasteiger partial charge in [-0.15, -0.1) is 0 Å². The van der Waals surface area contributed by atoms with Crippen LogP contribution in [0.5, 0.6) is 5.75 Å². The third-order valence-electron chi connectivity index (χ3n) is 4.90. The fourth-order valence-electron chi connectivity index (χ4n) is 3.34. The smallest absolute Gasteiger partial charge is 0.408 e. The van der Waals surface area contributed by atoms with Gasteiger partial charge in [0.15, 0.2) is 0 Å². The van der Waals surface area contributed by atoms with E-state index in [-0.39, 0.29) is 23.7 Å². The molecule has 2 aliphatic rings. The summed E-state index contributed by atoms with van der Waals surface area (Å²) in [7, 11) is 0. The van der Waals surface area contributed by atoms with Gasteiger partial charge in [-0.05, 0) is 63.8 Å². The third-order valence-corrected chi connectivity index (χ3v) is 4.90. The fourth-order valence-corrected chi connectivity index (χ4v) is 3.34. The molecule has 1 heterocycles. The molecule has 28 heavy (non-hydrogen) atoms. The van der Waals surface area contributed by atoms with Crippen molar-refractivity contribution < 1.29 is 23.5 Å². The Bertz CT molecular complexity index is 689. The molecule has 1 aromatic rings. The van der Waals surface area contributed by atoms with E-state index < -0.39 is 17.7 Å². The molecule has 3 rings (SSSR count). The Morgan fingerprint density at radius 2 is 1.71 bits per heavy atom. The first-order valence-electron chi connectivity index (χ1n) is 9.92.